The monoisotopic (exact) mass is 213 g/mol. The zero-order chi connectivity index (χ0) is 11.7. The minimum absolute atomic E-state index is 0.753. The van der Waals surface area contributed by atoms with Crippen LogP contribution < -0.4 is 5.32 Å². The maximum atomic E-state index is 3.62. The summed E-state index contributed by atoms with van der Waals surface area (Å²) in [6, 6.07) is 0.753. The van der Waals surface area contributed by atoms with E-state index in [1.807, 2.05) is 0 Å². The molecular formula is C14H31N. The third-order valence-corrected chi connectivity index (χ3v) is 3.21. The summed E-state index contributed by atoms with van der Waals surface area (Å²) in [5.74, 6) is 1.73. The third-order valence-electron chi connectivity index (χ3n) is 3.21. The zero-order valence-corrected chi connectivity index (χ0v) is 11.5. The van der Waals surface area contributed by atoms with Crippen LogP contribution in [0.15, 0.2) is 0 Å². The molecule has 2 unspecified atom stereocenters. The van der Waals surface area contributed by atoms with Gasteiger partial charge in [-0.1, -0.05) is 53.9 Å². The van der Waals surface area contributed by atoms with E-state index in [-0.39, 0.29) is 0 Å². The molecule has 0 amide bonds. The van der Waals surface area contributed by atoms with Crippen molar-refractivity contribution in [2.75, 3.05) is 6.54 Å². The molecule has 0 saturated carbocycles. The zero-order valence-electron chi connectivity index (χ0n) is 11.5. The van der Waals surface area contributed by atoms with E-state index in [9.17, 15) is 0 Å². The first-order chi connectivity index (χ1) is 7.10. The van der Waals surface area contributed by atoms with Crippen LogP contribution in [-0.2, 0) is 0 Å². The SMILES string of the molecule is CCNC(CCCC(C)C)CC(C)CC. The lowest BCUT2D eigenvalue weighted by Gasteiger charge is -2.21. The van der Waals surface area contributed by atoms with Crippen LogP contribution in [-0.4, -0.2) is 12.6 Å². The molecule has 1 nitrogen and oxygen atoms in total. The van der Waals surface area contributed by atoms with Crippen molar-refractivity contribution in [3.8, 4) is 0 Å². The van der Waals surface area contributed by atoms with Crippen LogP contribution in [0.5, 0.6) is 0 Å². The Morgan fingerprint density at radius 3 is 2.13 bits per heavy atom. The van der Waals surface area contributed by atoms with Gasteiger partial charge in [0.25, 0.3) is 0 Å². The minimum Gasteiger partial charge on any atom is -0.314 e. The molecule has 1 N–H and O–H groups in total. The van der Waals surface area contributed by atoms with Gasteiger partial charge in [0.1, 0.15) is 0 Å². The highest BCUT2D eigenvalue weighted by atomic mass is 14.9. The highest BCUT2D eigenvalue weighted by molar-refractivity contribution is 4.69. The predicted octanol–water partition coefficient (Wildman–Crippen LogP) is 4.23. The molecule has 92 valence electrons. The van der Waals surface area contributed by atoms with Gasteiger partial charge in [0, 0.05) is 6.04 Å². The van der Waals surface area contributed by atoms with Gasteiger partial charge in [0.05, 0.1) is 0 Å². The van der Waals surface area contributed by atoms with Gasteiger partial charge in [-0.15, -0.1) is 0 Å². The van der Waals surface area contributed by atoms with Crippen LogP contribution in [0.1, 0.15) is 66.7 Å². The van der Waals surface area contributed by atoms with Gasteiger partial charge in [-0.25, -0.2) is 0 Å². The fourth-order valence-corrected chi connectivity index (χ4v) is 2.02. The van der Waals surface area contributed by atoms with Crippen LogP contribution in [0.3, 0.4) is 0 Å². The largest absolute Gasteiger partial charge is 0.314 e. The number of nitrogens with one attached hydrogen (secondary N) is 1. The first-order valence-electron chi connectivity index (χ1n) is 6.83. The van der Waals surface area contributed by atoms with E-state index in [0.29, 0.717) is 0 Å². The molecule has 0 aliphatic heterocycles. The lowest BCUT2D eigenvalue weighted by molar-refractivity contribution is 0.365. The van der Waals surface area contributed by atoms with E-state index >= 15 is 0 Å². The Balaban J connectivity index is 3.72. The Morgan fingerprint density at radius 2 is 1.67 bits per heavy atom. The highest BCUT2D eigenvalue weighted by Crippen LogP contribution is 2.16. The summed E-state index contributed by atoms with van der Waals surface area (Å²) < 4.78 is 0. The van der Waals surface area contributed by atoms with Crippen molar-refractivity contribution in [3.05, 3.63) is 0 Å². The first kappa shape index (κ1) is 15.0. The molecular weight excluding hydrogens is 182 g/mol. The average molecular weight is 213 g/mol. The van der Waals surface area contributed by atoms with E-state index < -0.39 is 0 Å². The smallest absolute Gasteiger partial charge is 0.00694 e. The Morgan fingerprint density at radius 1 is 1.00 bits per heavy atom. The average Bonchev–Trinajstić information content (AvgIpc) is 2.17. The molecule has 0 aromatic rings. The van der Waals surface area contributed by atoms with Crippen LogP contribution in [0.4, 0.5) is 0 Å². The van der Waals surface area contributed by atoms with Crippen LogP contribution in [0.2, 0.25) is 0 Å². The standard InChI is InChI=1S/C14H31N/c1-6-13(5)11-14(15-7-2)10-8-9-12(3)4/h12-15H,6-11H2,1-5H3. The van der Waals surface area contributed by atoms with Crippen LogP contribution >= 0.6 is 0 Å². The maximum Gasteiger partial charge on any atom is 0.00694 e. The molecule has 0 heterocycles. The predicted molar refractivity (Wildman–Crippen MR) is 70.2 cm³/mol. The minimum atomic E-state index is 0.753. The summed E-state index contributed by atoms with van der Waals surface area (Å²) in [6.07, 6.45) is 6.78. The van der Waals surface area contributed by atoms with Crippen molar-refractivity contribution in [2.45, 2.75) is 72.8 Å². The molecule has 0 bridgehead atoms. The summed E-state index contributed by atoms with van der Waals surface area (Å²) in [5.41, 5.74) is 0. The fourth-order valence-electron chi connectivity index (χ4n) is 2.02. The van der Waals surface area contributed by atoms with E-state index in [2.05, 4.69) is 39.9 Å². The normalized spacial score (nSPS) is 15.6. The topological polar surface area (TPSA) is 12.0 Å². The highest BCUT2D eigenvalue weighted by Gasteiger charge is 2.10. The Labute approximate surface area is 97.0 Å². The molecule has 15 heavy (non-hydrogen) atoms. The van der Waals surface area contributed by atoms with Gasteiger partial charge in [0.2, 0.25) is 0 Å². The van der Waals surface area contributed by atoms with E-state index in [0.717, 1.165) is 24.4 Å². The van der Waals surface area contributed by atoms with Crippen molar-refractivity contribution >= 4 is 0 Å². The van der Waals surface area contributed by atoms with Crippen molar-refractivity contribution in [1.82, 2.24) is 5.32 Å². The number of rotatable bonds is 9. The quantitative estimate of drug-likeness (QED) is 0.604. The Bertz CT molecular complexity index is 131. The van der Waals surface area contributed by atoms with Gasteiger partial charge < -0.3 is 5.32 Å². The van der Waals surface area contributed by atoms with Crippen molar-refractivity contribution in [3.63, 3.8) is 0 Å². The van der Waals surface area contributed by atoms with Crippen molar-refractivity contribution in [2.24, 2.45) is 11.8 Å². The van der Waals surface area contributed by atoms with Crippen molar-refractivity contribution in [1.29, 1.82) is 0 Å². The molecule has 0 radical (unpaired) electrons. The summed E-state index contributed by atoms with van der Waals surface area (Å²) in [4.78, 5) is 0. The molecule has 0 rings (SSSR count). The van der Waals surface area contributed by atoms with E-state index in [1.54, 1.807) is 0 Å². The van der Waals surface area contributed by atoms with E-state index in [4.69, 9.17) is 0 Å². The lowest BCUT2D eigenvalue weighted by Crippen LogP contribution is -2.30. The fraction of sp³-hybridized carbons (Fsp3) is 1.00. The van der Waals surface area contributed by atoms with Crippen molar-refractivity contribution < 1.29 is 0 Å². The maximum absolute atomic E-state index is 3.62. The summed E-state index contributed by atoms with van der Waals surface area (Å²) in [5, 5.41) is 3.62. The summed E-state index contributed by atoms with van der Waals surface area (Å²) in [6.45, 7) is 12.6. The molecule has 0 aliphatic rings. The van der Waals surface area contributed by atoms with Gasteiger partial charge in [-0.2, -0.15) is 0 Å². The molecule has 2 atom stereocenters. The third kappa shape index (κ3) is 8.92. The van der Waals surface area contributed by atoms with Crippen LogP contribution in [0.25, 0.3) is 0 Å². The molecule has 0 spiro atoms. The second kappa shape index (κ2) is 9.21. The summed E-state index contributed by atoms with van der Waals surface area (Å²) in [7, 11) is 0. The molecule has 0 aromatic heterocycles. The molecule has 0 aliphatic carbocycles. The van der Waals surface area contributed by atoms with Gasteiger partial charge >= 0.3 is 0 Å². The summed E-state index contributed by atoms with van der Waals surface area (Å²) >= 11 is 0. The van der Waals surface area contributed by atoms with Crippen LogP contribution in [0, 0.1) is 11.8 Å². The number of hydrogen-bond donors (Lipinski definition) is 1. The van der Waals surface area contributed by atoms with Gasteiger partial charge in [-0.05, 0) is 31.2 Å². The lowest BCUT2D eigenvalue weighted by atomic mass is 9.94. The molecule has 0 aromatic carbocycles. The Hall–Kier alpha value is -0.0400. The molecule has 0 fully saturated rings. The number of hydrogen-bond acceptors (Lipinski definition) is 1. The molecule has 0 saturated heterocycles. The van der Waals surface area contributed by atoms with Gasteiger partial charge in [-0.3, -0.25) is 0 Å². The second-order valence-electron chi connectivity index (χ2n) is 5.33. The van der Waals surface area contributed by atoms with Gasteiger partial charge in [0.15, 0.2) is 0 Å². The molecule has 1 heteroatoms. The van der Waals surface area contributed by atoms with E-state index in [1.165, 1.54) is 32.1 Å². The Kier molecular flexibility index (Phi) is 9.18. The second-order valence-corrected chi connectivity index (χ2v) is 5.33. The first-order valence-corrected chi connectivity index (χ1v) is 6.83.